The molecule has 3 rings (SSSR count). The molecule has 1 aliphatic heterocycles. The first-order chi connectivity index (χ1) is 14.0. The molecule has 1 fully saturated rings. The van der Waals surface area contributed by atoms with Crippen LogP contribution in [0, 0.1) is 0 Å². The molecule has 1 saturated heterocycles. The summed E-state index contributed by atoms with van der Waals surface area (Å²) in [6.07, 6.45) is 4.83. The molecule has 0 atom stereocenters. The third-order valence-corrected chi connectivity index (χ3v) is 6.80. The second-order valence-electron chi connectivity index (χ2n) is 7.17. The Kier molecular flexibility index (Phi) is 7.28. The number of nitrogens with one attached hydrogen (secondary N) is 1. The van der Waals surface area contributed by atoms with Crippen LogP contribution in [-0.4, -0.2) is 38.3 Å². The highest BCUT2D eigenvalue weighted by Gasteiger charge is 2.25. The average molecular weight is 417 g/mol. The third kappa shape index (κ3) is 5.58. The van der Waals surface area contributed by atoms with E-state index < -0.39 is 10.0 Å². The van der Waals surface area contributed by atoms with Crippen molar-refractivity contribution in [2.75, 3.05) is 25.0 Å². The Hall–Kier alpha value is -2.38. The molecule has 0 aliphatic carbocycles. The molecule has 2 aromatic carbocycles. The van der Waals surface area contributed by atoms with E-state index in [1.54, 1.807) is 46.8 Å². The van der Waals surface area contributed by atoms with Crippen LogP contribution in [-0.2, 0) is 10.0 Å². The summed E-state index contributed by atoms with van der Waals surface area (Å²) >= 11 is 0. The summed E-state index contributed by atoms with van der Waals surface area (Å²) in [6, 6.07) is 13.4. The van der Waals surface area contributed by atoms with Gasteiger partial charge in [0.1, 0.15) is 5.75 Å². The van der Waals surface area contributed by atoms with E-state index in [1.165, 1.54) is 0 Å². The minimum atomic E-state index is -3.49. The Bertz CT molecular complexity index is 918. The molecule has 29 heavy (non-hydrogen) atoms. The van der Waals surface area contributed by atoms with Crippen molar-refractivity contribution in [2.24, 2.45) is 0 Å². The number of hydrogen-bond acceptors (Lipinski definition) is 4. The zero-order valence-corrected chi connectivity index (χ0v) is 17.6. The van der Waals surface area contributed by atoms with Gasteiger partial charge in [-0.25, -0.2) is 8.42 Å². The summed E-state index contributed by atoms with van der Waals surface area (Å²) in [5, 5.41) is 2.81. The Balaban J connectivity index is 1.68. The lowest BCUT2D eigenvalue weighted by molar-refractivity contribution is 0.102. The summed E-state index contributed by atoms with van der Waals surface area (Å²) in [7, 11) is -3.49. The van der Waals surface area contributed by atoms with Gasteiger partial charge in [0.25, 0.3) is 5.91 Å². The largest absolute Gasteiger partial charge is 0.494 e. The van der Waals surface area contributed by atoms with Crippen LogP contribution in [0.3, 0.4) is 0 Å². The van der Waals surface area contributed by atoms with Crippen molar-refractivity contribution < 1.29 is 17.9 Å². The average Bonchev–Trinajstić information content (AvgIpc) is 3.03. The maximum Gasteiger partial charge on any atom is 0.255 e. The summed E-state index contributed by atoms with van der Waals surface area (Å²) < 4.78 is 32.8. The molecule has 7 heteroatoms. The number of ether oxygens (including phenoxy) is 1. The van der Waals surface area contributed by atoms with Gasteiger partial charge in [-0.1, -0.05) is 25.8 Å². The van der Waals surface area contributed by atoms with Crippen molar-refractivity contribution in [2.45, 2.75) is 43.9 Å². The Morgan fingerprint density at radius 2 is 1.72 bits per heavy atom. The number of benzene rings is 2. The molecular weight excluding hydrogens is 388 g/mol. The molecule has 0 unspecified atom stereocenters. The second kappa shape index (κ2) is 9.89. The number of rotatable bonds is 7. The number of hydrogen-bond donors (Lipinski definition) is 1. The number of nitrogens with zero attached hydrogens (tertiary/aromatic N) is 1. The van der Waals surface area contributed by atoms with Gasteiger partial charge in [-0.15, -0.1) is 0 Å². The van der Waals surface area contributed by atoms with Gasteiger partial charge in [0.15, 0.2) is 0 Å². The van der Waals surface area contributed by atoms with Crippen molar-refractivity contribution in [1.82, 2.24) is 4.31 Å². The Morgan fingerprint density at radius 1 is 1.03 bits per heavy atom. The first-order valence-corrected chi connectivity index (χ1v) is 11.6. The predicted molar refractivity (Wildman–Crippen MR) is 114 cm³/mol. The molecule has 6 nitrogen and oxygen atoms in total. The topological polar surface area (TPSA) is 75.7 Å². The summed E-state index contributed by atoms with van der Waals surface area (Å²) in [5.41, 5.74) is 1.03. The number of carbonyl (C=O) groups is 1. The summed E-state index contributed by atoms with van der Waals surface area (Å²) in [6.45, 7) is 3.75. The fourth-order valence-electron chi connectivity index (χ4n) is 3.29. The fraction of sp³-hybridized carbons (Fsp3) is 0.409. The molecule has 1 heterocycles. The number of carbonyl (C=O) groups excluding carboxylic acids is 1. The standard InChI is InChI=1S/C22H28N2O4S/c1-2-16-28-20-9-7-8-18(17-20)22(25)23-19-10-12-21(13-11-19)29(26,27)24-14-5-3-4-6-15-24/h7-13,17H,2-6,14-16H2,1H3,(H,23,25). The Labute approximate surface area is 172 Å². The van der Waals surface area contributed by atoms with Crippen molar-refractivity contribution >= 4 is 21.6 Å². The lowest BCUT2D eigenvalue weighted by atomic mass is 10.2. The van der Waals surface area contributed by atoms with Crippen LogP contribution in [0.15, 0.2) is 53.4 Å². The zero-order valence-electron chi connectivity index (χ0n) is 16.8. The van der Waals surface area contributed by atoms with Crippen LogP contribution in [0.25, 0.3) is 0 Å². The van der Waals surface area contributed by atoms with Gasteiger partial charge >= 0.3 is 0 Å². The molecule has 1 N–H and O–H groups in total. The third-order valence-electron chi connectivity index (χ3n) is 4.88. The summed E-state index contributed by atoms with van der Waals surface area (Å²) in [5.74, 6) is 0.383. The molecule has 156 valence electrons. The smallest absolute Gasteiger partial charge is 0.255 e. The quantitative estimate of drug-likeness (QED) is 0.730. The monoisotopic (exact) mass is 416 g/mol. The first-order valence-electron chi connectivity index (χ1n) is 10.1. The molecule has 0 saturated carbocycles. The van der Waals surface area contributed by atoms with E-state index in [9.17, 15) is 13.2 Å². The molecule has 1 aliphatic rings. The van der Waals surface area contributed by atoms with Crippen LogP contribution in [0.5, 0.6) is 5.75 Å². The van der Waals surface area contributed by atoms with Crippen molar-refractivity contribution in [1.29, 1.82) is 0 Å². The van der Waals surface area contributed by atoms with Crippen molar-refractivity contribution in [3.8, 4) is 5.75 Å². The highest BCUT2D eigenvalue weighted by molar-refractivity contribution is 7.89. The van der Waals surface area contributed by atoms with Gasteiger partial charge in [0.05, 0.1) is 11.5 Å². The Morgan fingerprint density at radius 3 is 2.38 bits per heavy atom. The number of anilines is 1. The fourth-order valence-corrected chi connectivity index (χ4v) is 4.81. The highest BCUT2D eigenvalue weighted by Crippen LogP contribution is 2.22. The van der Waals surface area contributed by atoms with Crippen LogP contribution in [0.2, 0.25) is 0 Å². The maximum atomic E-state index is 12.8. The van der Waals surface area contributed by atoms with Gasteiger partial charge in [0.2, 0.25) is 10.0 Å². The van der Waals surface area contributed by atoms with E-state index in [-0.39, 0.29) is 10.8 Å². The molecule has 1 amide bonds. The lowest BCUT2D eigenvalue weighted by Crippen LogP contribution is -2.31. The van der Waals surface area contributed by atoms with Crippen LogP contribution < -0.4 is 10.1 Å². The highest BCUT2D eigenvalue weighted by atomic mass is 32.2. The van der Waals surface area contributed by atoms with Crippen LogP contribution in [0.4, 0.5) is 5.69 Å². The van der Waals surface area contributed by atoms with Gasteiger partial charge in [-0.3, -0.25) is 4.79 Å². The molecule has 0 spiro atoms. The van der Waals surface area contributed by atoms with E-state index in [4.69, 9.17) is 4.74 Å². The first kappa shape index (κ1) is 21.3. The normalized spacial score (nSPS) is 15.5. The van der Waals surface area contributed by atoms with Crippen molar-refractivity contribution in [3.05, 3.63) is 54.1 Å². The van der Waals surface area contributed by atoms with E-state index in [0.717, 1.165) is 32.1 Å². The summed E-state index contributed by atoms with van der Waals surface area (Å²) in [4.78, 5) is 12.8. The van der Waals surface area contributed by atoms with E-state index in [2.05, 4.69) is 5.32 Å². The molecule has 0 radical (unpaired) electrons. The lowest BCUT2D eigenvalue weighted by Gasteiger charge is -2.20. The van der Waals surface area contributed by atoms with Gasteiger partial charge < -0.3 is 10.1 Å². The minimum Gasteiger partial charge on any atom is -0.494 e. The van der Waals surface area contributed by atoms with E-state index in [1.807, 2.05) is 13.0 Å². The van der Waals surface area contributed by atoms with Gasteiger partial charge in [-0.2, -0.15) is 4.31 Å². The van der Waals surface area contributed by atoms with Gasteiger partial charge in [-0.05, 0) is 61.7 Å². The van der Waals surface area contributed by atoms with E-state index in [0.29, 0.717) is 36.7 Å². The molecule has 0 bridgehead atoms. The molecular formula is C22H28N2O4S. The number of amides is 1. The maximum absolute atomic E-state index is 12.8. The zero-order chi connectivity index (χ0) is 20.7. The second-order valence-corrected chi connectivity index (χ2v) is 9.11. The number of sulfonamides is 1. The SMILES string of the molecule is CCCOc1cccc(C(=O)Nc2ccc(S(=O)(=O)N3CCCCCC3)cc2)c1. The van der Waals surface area contributed by atoms with Crippen LogP contribution in [0.1, 0.15) is 49.4 Å². The predicted octanol–water partition coefficient (Wildman–Crippen LogP) is 4.29. The minimum absolute atomic E-state index is 0.257. The van der Waals surface area contributed by atoms with Gasteiger partial charge in [0, 0.05) is 24.3 Å². The molecule has 0 aromatic heterocycles. The van der Waals surface area contributed by atoms with E-state index >= 15 is 0 Å². The van der Waals surface area contributed by atoms with Crippen molar-refractivity contribution in [3.63, 3.8) is 0 Å². The molecule has 2 aromatic rings. The van der Waals surface area contributed by atoms with Crippen LogP contribution >= 0.6 is 0 Å².